The Hall–Kier alpha value is -1.50. The molecule has 2 aromatic rings. The van der Waals surface area contributed by atoms with Crippen molar-refractivity contribution in [3.63, 3.8) is 0 Å². The van der Waals surface area contributed by atoms with Crippen LogP contribution in [0.25, 0.3) is 0 Å². The largest absolute Gasteiger partial charge is 0.323 e. The van der Waals surface area contributed by atoms with Crippen LogP contribution in [-0.2, 0) is 11.3 Å². The Morgan fingerprint density at radius 2 is 1.92 bits per heavy atom. The van der Waals surface area contributed by atoms with Crippen molar-refractivity contribution in [3.05, 3.63) is 63.1 Å². The molecular formula is C19H18BrClF2N2O. The van der Waals surface area contributed by atoms with Crippen LogP contribution in [0.4, 0.5) is 14.5 Å². The number of nitrogens with one attached hydrogen (secondary N) is 1. The smallest absolute Gasteiger partial charge is 0.227 e. The lowest BCUT2D eigenvalue weighted by Crippen LogP contribution is -2.38. The van der Waals surface area contributed by atoms with Crippen LogP contribution in [0, 0.1) is 17.6 Å². The molecule has 0 bridgehead atoms. The monoisotopic (exact) mass is 442 g/mol. The van der Waals surface area contributed by atoms with E-state index in [9.17, 15) is 13.6 Å². The second-order valence-electron chi connectivity index (χ2n) is 6.36. The molecule has 0 aromatic heterocycles. The second-order valence-corrected chi connectivity index (χ2v) is 7.69. The van der Waals surface area contributed by atoms with Crippen LogP contribution in [0.1, 0.15) is 18.4 Å². The highest BCUT2D eigenvalue weighted by molar-refractivity contribution is 9.10. The van der Waals surface area contributed by atoms with E-state index in [1.807, 2.05) is 0 Å². The number of carbonyl (C=O) groups is 1. The van der Waals surface area contributed by atoms with Crippen molar-refractivity contribution in [2.24, 2.45) is 5.92 Å². The predicted octanol–water partition coefficient (Wildman–Crippen LogP) is 5.23. The van der Waals surface area contributed by atoms with Gasteiger partial charge in [0.25, 0.3) is 0 Å². The molecule has 0 radical (unpaired) electrons. The first-order valence-corrected chi connectivity index (χ1v) is 9.52. The lowest BCUT2D eigenvalue weighted by atomic mass is 9.95. The van der Waals surface area contributed by atoms with Crippen molar-refractivity contribution in [1.82, 2.24) is 4.90 Å². The number of benzene rings is 2. The van der Waals surface area contributed by atoms with Gasteiger partial charge >= 0.3 is 0 Å². The average molecular weight is 444 g/mol. The van der Waals surface area contributed by atoms with Crippen LogP contribution in [0.3, 0.4) is 0 Å². The summed E-state index contributed by atoms with van der Waals surface area (Å²) in [6.07, 6.45) is 1.27. The summed E-state index contributed by atoms with van der Waals surface area (Å²) >= 11 is 9.26. The third kappa shape index (κ3) is 4.61. The first-order valence-electron chi connectivity index (χ1n) is 8.35. The minimum Gasteiger partial charge on any atom is -0.323 e. The van der Waals surface area contributed by atoms with Crippen LogP contribution >= 0.6 is 27.5 Å². The van der Waals surface area contributed by atoms with E-state index in [-0.39, 0.29) is 23.3 Å². The Labute approximate surface area is 164 Å². The molecule has 1 saturated heterocycles. The standard InChI is InChI=1S/C19H18BrClF2N2O/c20-13-4-5-18(17(23)10-13)24-19(26)12-6-8-25(9-7-12)11-14-15(21)2-1-3-16(14)22/h1-5,10,12H,6-9,11H2,(H,24,26). The topological polar surface area (TPSA) is 32.3 Å². The summed E-state index contributed by atoms with van der Waals surface area (Å²) in [6, 6.07) is 9.18. The van der Waals surface area contributed by atoms with Crippen LogP contribution < -0.4 is 5.32 Å². The summed E-state index contributed by atoms with van der Waals surface area (Å²) in [5.41, 5.74) is 0.660. The summed E-state index contributed by atoms with van der Waals surface area (Å²) in [4.78, 5) is 14.5. The summed E-state index contributed by atoms with van der Waals surface area (Å²) in [6.45, 7) is 1.73. The molecule has 0 atom stereocenters. The van der Waals surface area contributed by atoms with Gasteiger partial charge in [0.05, 0.1) is 5.69 Å². The third-order valence-corrected chi connectivity index (χ3v) is 5.44. The van der Waals surface area contributed by atoms with Crippen LogP contribution in [0.15, 0.2) is 40.9 Å². The van der Waals surface area contributed by atoms with Crippen molar-refractivity contribution in [1.29, 1.82) is 0 Å². The van der Waals surface area contributed by atoms with E-state index >= 15 is 0 Å². The molecule has 0 unspecified atom stereocenters. The summed E-state index contributed by atoms with van der Waals surface area (Å²) in [5.74, 6) is -1.16. The molecule has 0 aliphatic carbocycles. The lowest BCUT2D eigenvalue weighted by molar-refractivity contribution is -0.121. The van der Waals surface area contributed by atoms with Crippen molar-refractivity contribution in [2.45, 2.75) is 19.4 Å². The zero-order chi connectivity index (χ0) is 18.7. The molecule has 138 valence electrons. The van der Waals surface area contributed by atoms with E-state index in [1.54, 1.807) is 18.2 Å². The van der Waals surface area contributed by atoms with E-state index in [0.29, 0.717) is 47.5 Å². The first kappa shape index (κ1) is 19.3. The van der Waals surface area contributed by atoms with E-state index in [2.05, 4.69) is 26.1 Å². The maximum Gasteiger partial charge on any atom is 0.227 e. The van der Waals surface area contributed by atoms with Crippen molar-refractivity contribution < 1.29 is 13.6 Å². The number of carbonyl (C=O) groups excluding carboxylic acids is 1. The molecule has 3 nitrogen and oxygen atoms in total. The van der Waals surface area contributed by atoms with Crippen molar-refractivity contribution in [3.8, 4) is 0 Å². The van der Waals surface area contributed by atoms with Gasteiger partial charge < -0.3 is 5.32 Å². The zero-order valence-electron chi connectivity index (χ0n) is 13.9. The molecule has 1 N–H and O–H groups in total. The fraction of sp³-hybridized carbons (Fsp3) is 0.316. The highest BCUT2D eigenvalue weighted by atomic mass is 79.9. The van der Waals surface area contributed by atoms with E-state index in [4.69, 9.17) is 11.6 Å². The molecule has 26 heavy (non-hydrogen) atoms. The van der Waals surface area contributed by atoms with E-state index < -0.39 is 5.82 Å². The summed E-state index contributed by atoms with van der Waals surface area (Å²) in [5, 5.41) is 3.07. The van der Waals surface area contributed by atoms with E-state index in [1.165, 1.54) is 18.2 Å². The molecule has 1 aliphatic heterocycles. The second kappa shape index (κ2) is 8.46. The van der Waals surface area contributed by atoms with Gasteiger partial charge in [-0.1, -0.05) is 33.6 Å². The maximum absolute atomic E-state index is 13.9. The van der Waals surface area contributed by atoms with Crippen LogP contribution in [0.2, 0.25) is 5.02 Å². The predicted molar refractivity (Wildman–Crippen MR) is 102 cm³/mol. The molecule has 1 aliphatic rings. The number of amides is 1. The highest BCUT2D eigenvalue weighted by Crippen LogP contribution is 2.26. The van der Waals surface area contributed by atoms with E-state index in [0.717, 1.165) is 0 Å². The van der Waals surface area contributed by atoms with Gasteiger partial charge in [0.1, 0.15) is 11.6 Å². The van der Waals surface area contributed by atoms with Gasteiger partial charge in [-0.3, -0.25) is 9.69 Å². The average Bonchev–Trinajstić information content (AvgIpc) is 2.61. The molecule has 1 amide bonds. The Kier molecular flexibility index (Phi) is 6.27. The fourth-order valence-corrected chi connectivity index (χ4v) is 3.64. The number of nitrogens with zero attached hydrogens (tertiary/aromatic N) is 1. The number of hydrogen-bond acceptors (Lipinski definition) is 2. The number of halogens is 4. The molecule has 1 fully saturated rings. The molecular weight excluding hydrogens is 426 g/mol. The molecule has 0 saturated carbocycles. The Balaban J connectivity index is 1.55. The molecule has 0 spiro atoms. The lowest BCUT2D eigenvalue weighted by Gasteiger charge is -2.31. The quantitative estimate of drug-likeness (QED) is 0.702. The molecule has 7 heteroatoms. The number of rotatable bonds is 4. The normalized spacial score (nSPS) is 15.8. The van der Waals surface area contributed by atoms with Gasteiger partial charge in [0.2, 0.25) is 5.91 Å². The summed E-state index contributed by atoms with van der Waals surface area (Å²) in [7, 11) is 0. The minimum absolute atomic E-state index is 0.179. The van der Waals surface area contributed by atoms with Crippen LogP contribution in [-0.4, -0.2) is 23.9 Å². The number of piperidine rings is 1. The Bertz CT molecular complexity index is 790. The number of hydrogen-bond donors (Lipinski definition) is 1. The Morgan fingerprint density at radius 1 is 1.19 bits per heavy atom. The molecule has 3 rings (SSSR count). The molecule has 1 heterocycles. The fourth-order valence-electron chi connectivity index (χ4n) is 3.09. The van der Waals surface area contributed by atoms with Crippen molar-refractivity contribution in [2.75, 3.05) is 18.4 Å². The van der Waals surface area contributed by atoms with Gasteiger partial charge in [-0.25, -0.2) is 8.78 Å². The third-order valence-electron chi connectivity index (χ3n) is 4.59. The van der Waals surface area contributed by atoms with Gasteiger partial charge in [-0.05, 0) is 56.3 Å². The Morgan fingerprint density at radius 3 is 2.58 bits per heavy atom. The zero-order valence-corrected chi connectivity index (χ0v) is 16.3. The first-order chi connectivity index (χ1) is 12.4. The number of anilines is 1. The maximum atomic E-state index is 13.9. The van der Waals surface area contributed by atoms with Crippen LogP contribution in [0.5, 0.6) is 0 Å². The van der Waals surface area contributed by atoms with Gasteiger partial charge in [0, 0.05) is 27.5 Å². The summed E-state index contributed by atoms with van der Waals surface area (Å²) < 4.78 is 28.4. The van der Waals surface area contributed by atoms with Gasteiger partial charge in [-0.15, -0.1) is 0 Å². The van der Waals surface area contributed by atoms with Gasteiger partial charge in [-0.2, -0.15) is 0 Å². The SMILES string of the molecule is O=C(Nc1ccc(Br)cc1F)C1CCN(Cc2c(F)cccc2Cl)CC1. The number of likely N-dealkylation sites (tertiary alicyclic amines) is 1. The van der Waals surface area contributed by atoms with Gasteiger partial charge in [0.15, 0.2) is 0 Å². The minimum atomic E-state index is -0.473. The molecule has 2 aromatic carbocycles. The van der Waals surface area contributed by atoms with Crippen molar-refractivity contribution >= 4 is 39.1 Å². The highest BCUT2D eigenvalue weighted by Gasteiger charge is 2.26.